The Morgan fingerprint density at radius 1 is 1.35 bits per heavy atom. The molecule has 0 amide bonds. The molecule has 3 aromatic heterocycles. The van der Waals surface area contributed by atoms with E-state index in [1.807, 2.05) is 19.1 Å². The summed E-state index contributed by atoms with van der Waals surface area (Å²) in [5, 5.41) is 12.5. The SMILES string of the molecule is CC(Sc1nnnn1Cc1ccco1)c1ncc(C(C)(C)C)o1. The van der Waals surface area contributed by atoms with E-state index < -0.39 is 0 Å². The van der Waals surface area contributed by atoms with Crippen LogP contribution >= 0.6 is 11.8 Å². The van der Waals surface area contributed by atoms with Gasteiger partial charge in [0.05, 0.1) is 17.7 Å². The summed E-state index contributed by atoms with van der Waals surface area (Å²) in [6.07, 6.45) is 3.42. The highest BCUT2D eigenvalue weighted by Gasteiger charge is 2.23. The van der Waals surface area contributed by atoms with E-state index in [4.69, 9.17) is 8.83 Å². The summed E-state index contributed by atoms with van der Waals surface area (Å²) in [6.45, 7) is 8.81. The van der Waals surface area contributed by atoms with E-state index in [9.17, 15) is 0 Å². The van der Waals surface area contributed by atoms with Crippen LogP contribution in [-0.2, 0) is 12.0 Å². The number of hydrogen-bond acceptors (Lipinski definition) is 7. The van der Waals surface area contributed by atoms with E-state index in [0.29, 0.717) is 17.6 Å². The molecule has 8 heteroatoms. The Labute approximate surface area is 138 Å². The fraction of sp³-hybridized carbons (Fsp3) is 0.467. The third kappa shape index (κ3) is 3.64. The molecule has 0 aliphatic carbocycles. The number of nitrogens with zero attached hydrogens (tertiary/aromatic N) is 5. The molecule has 1 unspecified atom stereocenters. The number of aromatic nitrogens is 5. The second kappa shape index (κ2) is 6.19. The monoisotopic (exact) mass is 333 g/mol. The summed E-state index contributed by atoms with van der Waals surface area (Å²) in [5.74, 6) is 2.35. The van der Waals surface area contributed by atoms with Gasteiger partial charge in [-0.1, -0.05) is 32.5 Å². The van der Waals surface area contributed by atoms with Crippen molar-refractivity contribution in [3.63, 3.8) is 0 Å². The smallest absolute Gasteiger partial charge is 0.210 e. The molecule has 0 fully saturated rings. The maximum absolute atomic E-state index is 5.88. The molecule has 0 saturated carbocycles. The molecular formula is C15H19N5O2S. The second-order valence-electron chi connectivity index (χ2n) is 6.27. The number of rotatable bonds is 5. The Balaban J connectivity index is 1.72. The maximum Gasteiger partial charge on any atom is 0.210 e. The van der Waals surface area contributed by atoms with Crippen molar-refractivity contribution in [2.24, 2.45) is 0 Å². The molecule has 0 aromatic carbocycles. The van der Waals surface area contributed by atoms with Gasteiger partial charge in [-0.3, -0.25) is 0 Å². The Kier molecular flexibility index (Phi) is 4.25. The number of hydrogen-bond donors (Lipinski definition) is 0. The fourth-order valence-electron chi connectivity index (χ4n) is 1.96. The first-order valence-corrected chi connectivity index (χ1v) is 8.23. The van der Waals surface area contributed by atoms with Gasteiger partial charge in [-0.25, -0.2) is 9.67 Å². The summed E-state index contributed by atoms with van der Waals surface area (Å²) < 4.78 is 12.9. The standard InChI is InChI=1S/C15H19N5O2S/c1-10(13-16-8-12(22-13)15(2,3)4)23-14-17-18-19-20(14)9-11-6-5-7-21-11/h5-8,10H,9H2,1-4H3. The van der Waals surface area contributed by atoms with Crippen LogP contribution in [0.4, 0.5) is 0 Å². The first-order valence-electron chi connectivity index (χ1n) is 7.35. The number of oxazole rings is 1. The summed E-state index contributed by atoms with van der Waals surface area (Å²) in [4.78, 5) is 4.38. The zero-order valence-electron chi connectivity index (χ0n) is 13.6. The zero-order valence-corrected chi connectivity index (χ0v) is 14.4. The Morgan fingerprint density at radius 2 is 2.17 bits per heavy atom. The predicted molar refractivity (Wildman–Crippen MR) is 85.1 cm³/mol. The van der Waals surface area contributed by atoms with Gasteiger partial charge >= 0.3 is 0 Å². The summed E-state index contributed by atoms with van der Waals surface area (Å²) in [5.41, 5.74) is -0.0590. The fourth-order valence-corrected chi connectivity index (χ4v) is 2.79. The van der Waals surface area contributed by atoms with Crippen LogP contribution in [0.15, 0.2) is 38.6 Å². The minimum absolute atomic E-state index is 0.00690. The van der Waals surface area contributed by atoms with Gasteiger partial charge in [0.1, 0.15) is 18.1 Å². The average Bonchev–Trinajstić information content (AvgIpc) is 3.20. The summed E-state index contributed by atoms with van der Waals surface area (Å²) in [6, 6.07) is 3.74. The molecular weight excluding hydrogens is 314 g/mol. The molecule has 0 aliphatic heterocycles. The van der Waals surface area contributed by atoms with E-state index in [-0.39, 0.29) is 10.7 Å². The first kappa shape index (κ1) is 15.8. The molecule has 3 aromatic rings. The molecule has 0 saturated heterocycles. The lowest BCUT2D eigenvalue weighted by Gasteiger charge is -2.13. The van der Waals surface area contributed by atoms with Crippen molar-refractivity contribution in [2.75, 3.05) is 0 Å². The second-order valence-corrected chi connectivity index (χ2v) is 7.58. The molecule has 23 heavy (non-hydrogen) atoms. The summed E-state index contributed by atoms with van der Waals surface area (Å²) in [7, 11) is 0. The lowest BCUT2D eigenvalue weighted by Crippen LogP contribution is -2.09. The van der Waals surface area contributed by atoms with Crippen LogP contribution in [-0.4, -0.2) is 25.2 Å². The van der Waals surface area contributed by atoms with Crippen molar-refractivity contribution < 1.29 is 8.83 Å². The number of furan rings is 1. The van der Waals surface area contributed by atoms with E-state index in [0.717, 1.165) is 11.5 Å². The van der Waals surface area contributed by atoms with Gasteiger partial charge in [0.25, 0.3) is 0 Å². The number of tetrazole rings is 1. The van der Waals surface area contributed by atoms with Gasteiger partial charge in [0.2, 0.25) is 11.0 Å². The van der Waals surface area contributed by atoms with Gasteiger partial charge < -0.3 is 8.83 Å². The lowest BCUT2D eigenvalue weighted by atomic mass is 9.94. The minimum Gasteiger partial charge on any atom is -0.467 e. The average molecular weight is 333 g/mol. The predicted octanol–water partition coefficient (Wildman–Crippen LogP) is 3.45. The normalized spacial score (nSPS) is 13.4. The molecule has 3 rings (SSSR count). The quantitative estimate of drug-likeness (QED) is 0.661. The lowest BCUT2D eigenvalue weighted by molar-refractivity contribution is 0.383. The molecule has 0 N–H and O–H groups in total. The van der Waals surface area contributed by atoms with E-state index >= 15 is 0 Å². The van der Waals surface area contributed by atoms with Crippen molar-refractivity contribution in [1.82, 2.24) is 25.2 Å². The molecule has 0 bridgehead atoms. The van der Waals surface area contributed by atoms with Crippen molar-refractivity contribution in [3.8, 4) is 0 Å². The molecule has 0 radical (unpaired) electrons. The van der Waals surface area contributed by atoms with Crippen molar-refractivity contribution >= 4 is 11.8 Å². The third-order valence-electron chi connectivity index (χ3n) is 3.28. The summed E-state index contributed by atoms with van der Waals surface area (Å²) >= 11 is 1.50. The molecule has 0 spiro atoms. The van der Waals surface area contributed by atoms with Crippen molar-refractivity contribution in [1.29, 1.82) is 0 Å². The molecule has 122 valence electrons. The molecule has 0 aliphatic rings. The zero-order chi connectivity index (χ0) is 16.4. The maximum atomic E-state index is 5.88. The third-order valence-corrected chi connectivity index (χ3v) is 4.34. The highest BCUT2D eigenvalue weighted by Crippen LogP contribution is 2.34. The van der Waals surface area contributed by atoms with Crippen LogP contribution in [0.1, 0.15) is 50.4 Å². The Bertz CT molecular complexity index is 757. The highest BCUT2D eigenvalue weighted by atomic mass is 32.2. The van der Waals surface area contributed by atoms with Gasteiger partial charge in [-0.2, -0.15) is 0 Å². The van der Waals surface area contributed by atoms with Gasteiger partial charge in [-0.05, 0) is 29.5 Å². The van der Waals surface area contributed by atoms with Crippen LogP contribution in [0, 0.1) is 0 Å². The molecule has 1 atom stereocenters. The minimum atomic E-state index is -0.0590. The van der Waals surface area contributed by atoms with Crippen LogP contribution in [0.3, 0.4) is 0 Å². The highest BCUT2D eigenvalue weighted by molar-refractivity contribution is 7.99. The van der Waals surface area contributed by atoms with E-state index in [1.54, 1.807) is 17.1 Å². The van der Waals surface area contributed by atoms with Crippen LogP contribution in [0.5, 0.6) is 0 Å². The Morgan fingerprint density at radius 3 is 2.83 bits per heavy atom. The van der Waals surface area contributed by atoms with Gasteiger partial charge in [0.15, 0.2) is 0 Å². The van der Waals surface area contributed by atoms with Crippen molar-refractivity contribution in [2.45, 2.75) is 50.1 Å². The van der Waals surface area contributed by atoms with Gasteiger partial charge in [0, 0.05) is 5.41 Å². The molecule has 7 nitrogen and oxygen atoms in total. The topological polar surface area (TPSA) is 82.8 Å². The van der Waals surface area contributed by atoms with E-state index in [1.165, 1.54) is 11.8 Å². The van der Waals surface area contributed by atoms with E-state index in [2.05, 4.69) is 41.3 Å². The van der Waals surface area contributed by atoms with Gasteiger partial charge in [-0.15, -0.1) is 5.10 Å². The Hall–Kier alpha value is -2.09. The van der Waals surface area contributed by atoms with Crippen LogP contribution in [0.2, 0.25) is 0 Å². The first-order chi connectivity index (χ1) is 10.9. The number of thioether (sulfide) groups is 1. The van der Waals surface area contributed by atoms with Crippen LogP contribution in [0.25, 0.3) is 0 Å². The largest absolute Gasteiger partial charge is 0.467 e. The molecule has 3 heterocycles. The van der Waals surface area contributed by atoms with Crippen molar-refractivity contribution in [3.05, 3.63) is 42.0 Å². The van der Waals surface area contributed by atoms with Crippen LogP contribution < -0.4 is 0 Å².